The van der Waals surface area contributed by atoms with Crippen LogP contribution in [0.15, 0.2) is 30.3 Å². The Morgan fingerprint density at radius 1 is 1.18 bits per heavy atom. The minimum Gasteiger partial charge on any atom is -0.314 e. The summed E-state index contributed by atoms with van der Waals surface area (Å²) in [5.41, 5.74) is 1.43. The number of hydrogen-bond acceptors (Lipinski definition) is 3. The van der Waals surface area contributed by atoms with Crippen LogP contribution in [0.5, 0.6) is 0 Å². The predicted octanol–water partition coefficient (Wildman–Crippen LogP) is 1.19. The first-order valence-corrected chi connectivity index (χ1v) is 6.42. The third-order valence-electron chi connectivity index (χ3n) is 3.31. The van der Waals surface area contributed by atoms with Crippen LogP contribution in [0, 0.1) is 0 Å². The molecule has 1 atom stereocenters. The van der Waals surface area contributed by atoms with Crippen LogP contribution in [-0.2, 0) is 0 Å². The Hall–Kier alpha value is -0.900. The zero-order chi connectivity index (χ0) is 12.1. The highest BCUT2D eigenvalue weighted by Gasteiger charge is 2.22. The van der Waals surface area contributed by atoms with Gasteiger partial charge in [0.25, 0.3) is 0 Å². The van der Waals surface area contributed by atoms with Gasteiger partial charge in [-0.2, -0.15) is 0 Å². The maximum absolute atomic E-state index is 3.42. The number of piperazine rings is 1. The van der Waals surface area contributed by atoms with E-state index in [1.165, 1.54) is 5.56 Å². The Labute approximate surface area is 104 Å². The van der Waals surface area contributed by atoms with E-state index in [1.807, 2.05) is 0 Å². The summed E-state index contributed by atoms with van der Waals surface area (Å²) >= 11 is 0. The van der Waals surface area contributed by atoms with Crippen molar-refractivity contribution in [2.45, 2.75) is 6.04 Å². The Morgan fingerprint density at radius 2 is 1.82 bits per heavy atom. The smallest absolute Gasteiger partial charge is 0.0476 e. The molecule has 1 heterocycles. The van der Waals surface area contributed by atoms with Gasteiger partial charge in [0.1, 0.15) is 0 Å². The first-order chi connectivity index (χ1) is 8.27. The summed E-state index contributed by atoms with van der Waals surface area (Å²) in [5, 5.41) is 3.42. The summed E-state index contributed by atoms with van der Waals surface area (Å²) in [7, 11) is 4.30. The van der Waals surface area contributed by atoms with Crippen molar-refractivity contribution in [3.8, 4) is 0 Å². The van der Waals surface area contributed by atoms with Crippen molar-refractivity contribution < 1.29 is 0 Å². The number of rotatable bonds is 4. The molecule has 0 bridgehead atoms. The molecule has 3 heteroatoms. The van der Waals surface area contributed by atoms with E-state index in [9.17, 15) is 0 Å². The van der Waals surface area contributed by atoms with Gasteiger partial charge in [0.15, 0.2) is 0 Å². The molecule has 1 aromatic rings. The lowest BCUT2D eigenvalue weighted by Gasteiger charge is -2.36. The van der Waals surface area contributed by atoms with Crippen molar-refractivity contribution in [2.24, 2.45) is 0 Å². The molecule has 0 aromatic heterocycles. The van der Waals surface area contributed by atoms with E-state index in [-0.39, 0.29) is 0 Å². The third-order valence-corrected chi connectivity index (χ3v) is 3.31. The van der Waals surface area contributed by atoms with Crippen LogP contribution in [0.4, 0.5) is 0 Å². The van der Waals surface area contributed by atoms with Gasteiger partial charge in [-0.15, -0.1) is 0 Å². The lowest BCUT2D eigenvalue weighted by molar-refractivity contribution is 0.145. The molecule has 1 saturated heterocycles. The zero-order valence-corrected chi connectivity index (χ0v) is 10.9. The Kier molecular flexibility index (Phi) is 4.54. The highest BCUT2D eigenvalue weighted by molar-refractivity contribution is 5.19. The molecule has 2 rings (SSSR count). The highest BCUT2D eigenvalue weighted by Crippen LogP contribution is 2.21. The van der Waals surface area contributed by atoms with Crippen LogP contribution in [0.3, 0.4) is 0 Å². The Morgan fingerprint density at radius 3 is 2.41 bits per heavy atom. The van der Waals surface area contributed by atoms with Gasteiger partial charge in [-0.25, -0.2) is 0 Å². The Bertz CT molecular complexity index is 317. The van der Waals surface area contributed by atoms with Crippen molar-refractivity contribution in [1.29, 1.82) is 0 Å². The van der Waals surface area contributed by atoms with Gasteiger partial charge in [-0.3, -0.25) is 4.90 Å². The maximum atomic E-state index is 3.42. The number of nitrogens with one attached hydrogen (secondary N) is 1. The second-order valence-electron chi connectivity index (χ2n) is 4.97. The zero-order valence-electron chi connectivity index (χ0n) is 10.9. The van der Waals surface area contributed by atoms with Crippen molar-refractivity contribution in [3.63, 3.8) is 0 Å². The van der Waals surface area contributed by atoms with Gasteiger partial charge in [0.05, 0.1) is 0 Å². The van der Waals surface area contributed by atoms with Crippen LogP contribution >= 0.6 is 0 Å². The van der Waals surface area contributed by atoms with Crippen LogP contribution in [0.2, 0.25) is 0 Å². The first kappa shape index (κ1) is 12.6. The lowest BCUT2D eigenvalue weighted by atomic mass is 10.0. The highest BCUT2D eigenvalue weighted by atomic mass is 15.2. The fraction of sp³-hybridized carbons (Fsp3) is 0.571. The average Bonchev–Trinajstić information content (AvgIpc) is 2.38. The van der Waals surface area contributed by atoms with E-state index in [4.69, 9.17) is 0 Å². The summed E-state index contributed by atoms with van der Waals surface area (Å²) in [6, 6.07) is 11.4. The Balaban J connectivity index is 2.12. The molecule has 17 heavy (non-hydrogen) atoms. The summed E-state index contributed by atoms with van der Waals surface area (Å²) in [4.78, 5) is 4.87. The van der Waals surface area contributed by atoms with Gasteiger partial charge in [0.2, 0.25) is 0 Å². The second kappa shape index (κ2) is 6.15. The van der Waals surface area contributed by atoms with E-state index in [0.717, 1.165) is 32.7 Å². The molecule has 1 fully saturated rings. The molecule has 0 radical (unpaired) electrons. The normalized spacial score (nSPS) is 19.5. The number of likely N-dealkylation sites (N-methyl/N-ethyl adjacent to an activating group) is 1. The molecule has 1 aromatic carbocycles. The molecule has 1 N–H and O–H groups in total. The van der Waals surface area contributed by atoms with E-state index in [0.29, 0.717) is 6.04 Å². The van der Waals surface area contributed by atoms with Crippen molar-refractivity contribution in [1.82, 2.24) is 15.1 Å². The second-order valence-corrected chi connectivity index (χ2v) is 4.97. The van der Waals surface area contributed by atoms with E-state index in [2.05, 4.69) is 59.5 Å². The molecule has 0 spiro atoms. The fourth-order valence-corrected chi connectivity index (χ4v) is 2.45. The summed E-state index contributed by atoms with van der Waals surface area (Å²) in [6.07, 6.45) is 0. The van der Waals surface area contributed by atoms with Crippen LogP contribution < -0.4 is 5.32 Å². The van der Waals surface area contributed by atoms with Crippen molar-refractivity contribution in [3.05, 3.63) is 35.9 Å². The van der Waals surface area contributed by atoms with Gasteiger partial charge >= 0.3 is 0 Å². The monoisotopic (exact) mass is 233 g/mol. The van der Waals surface area contributed by atoms with Gasteiger partial charge < -0.3 is 10.2 Å². The van der Waals surface area contributed by atoms with Crippen LogP contribution in [0.1, 0.15) is 11.6 Å². The van der Waals surface area contributed by atoms with Crippen molar-refractivity contribution in [2.75, 3.05) is 46.8 Å². The van der Waals surface area contributed by atoms with Gasteiger partial charge in [-0.05, 0) is 19.7 Å². The minimum absolute atomic E-state index is 0.522. The fourth-order valence-electron chi connectivity index (χ4n) is 2.45. The topological polar surface area (TPSA) is 18.5 Å². The van der Waals surface area contributed by atoms with Gasteiger partial charge in [0, 0.05) is 38.8 Å². The molecule has 3 nitrogen and oxygen atoms in total. The summed E-state index contributed by atoms with van der Waals surface area (Å²) in [6.45, 7) is 5.60. The maximum Gasteiger partial charge on any atom is 0.0476 e. The number of hydrogen-bond donors (Lipinski definition) is 1. The average molecular weight is 233 g/mol. The molecule has 1 aliphatic heterocycles. The number of nitrogens with zero attached hydrogens (tertiary/aromatic N) is 2. The van der Waals surface area contributed by atoms with Gasteiger partial charge in [-0.1, -0.05) is 30.3 Å². The molecule has 94 valence electrons. The quantitative estimate of drug-likeness (QED) is 0.843. The largest absolute Gasteiger partial charge is 0.314 e. The molecular weight excluding hydrogens is 210 g/mol. The molecule has 1 aliphatic rings. The summed E-state index contributed by atoms with van der Waals surface area (Å²) in [5.74, 6) is 0. The predicted molar refractivity (Wildman–Crippen MR) is 72.2 cm³/mol. The van der Waals surface area contributed by atoms with Crippen LogP contribution in [0.25, 0.3) is 0 Å². The van der Waals surface area contributed by atoms with Crippen LogP contribution in [-0.4, -0.2) is 56.6 Å². The van der Waals surface area contributed by atoms with E-state index in [1.54, 1.807) is 0 Å². The van der Waals surface area contributed by atoms with Crippen molar-refractivity contribution >= 4 is 0 Å². The minimum atomic E-state index is 0.522. The lowest BCUT2D eigenvalue weighted by Crippen LogP contribution is -2.47. The van der Waals surface area contributed by atoms with E-state index >= 15 is 0 Å². The summed E-state index contributed by atoms with van der Waals surface area (Å²) < 4.78 is 0. The first-order valence-electron chi connectivity index (χ1n) is 6.42. The third kappa shape index (κ3) is 3.53. The molecular formula is C14H23N3. The molecule has 0 aliphatic carbocycles. The molecule has 0 amide bonds. The number of benzene rings is 1. The molecule has 1 unspecified atom stereocenters. The van der Waals surface area contributed by atoms with E-state index < -0.39 is 0 Å². The SMILES string of the molecule is CN(C)CC(c1ccccc1)N1CCNCC1. The standard InChI is InChI=1S/C14H23N3/c1-16(2)12-14(13-6-4-3-5-7-13)17-10-8-15-9-11-17/h3-7,14-15H,8-12H2,1-2H3. The molecule has 0 saturated carbocycles.